The van der Waals surface area contributed by atoms with Crippen LogP contribution < -0.4 is 10.5 Å². The summed E-state index contributed by atoms with van der Waals surface area (Å²) in [5.74, 6) is -0.100. The van der Waals surface area contributed by atoms with Crippen LogP contribution in [0.4, 0.5) is 11.4 Å². The lowest BCUT2D eigenvalue weighted by Crippen LogP contribution is -2.48. The molecular formula is C31H24ClN5O4. The summed E-state index contributed by atoms with van der Waals surface area (Å²) in [4.78, 5) is 42.0. The molecule has 0 N–H and O–H groups in total. The number of carbonyl (C=O) groups excluding carboxylic acids is 1. The topological polar surface area (TPSA) is 102 Å². The number of nitro groups is 1. The molecule has 1 fully saturated rings. The Morgan fingerprint density at radius 3 is 2.24 bits per heavy atom. The number of benzene rings is 4. The lowest BCUT2D eigenvalue weighted by Gasteiger charge is -2.36. The van der Waals surface area contributed by atoms with Crippen LogP contribution in [0, 0.1) is 10.1 Å². The summed E-state index contributed by atoms with van der Waals surface area (Å²) < 4.78 is 1.13. The minimum atomic E-state index is -0.508. The maximum Gasteiger partial charge on any atom is 0.295 e. The van der Waals surface area contributed by atoms with Crippen molar-refractivity contribution in [3.63, 3.8) is 0 Å². The number of fused-ring (bicyclic) bond motifs is 1. The molecule has 41 heavy (non-hydrogen) atoms. The van der Waals surface area contributed by atoms with Crippen LogP contribution in [0.5, 0.6) is 0 Å². The van der Waals surface area contributed by atoms with Gasteiger partial charge in [0.1, 0.15) is 5.69 Å². The molecule has 6 rings (SSSR count). The van der Waals surface area contributed by atoms with Crippen molar-refractivity contribution in [2.24, 2.45) is 0 Å². The van der Waals surface area contributed by atoms with E-state index < -0.39 is 10.5 Å². The van der Waals surface area contributed by atoms with Gasteiger partial charge in [0, 0.05) is 59.5 Å². The van der Waals surface area contributed by atoms with Crippen LogP contribution in [-0.2, 0) is 0 Å². The second-order valence-corrected chi connectivity index (χ2v) is 10.1. The van der Waals surface area contributed by atoms with E-state index in [-0.39, 0.29) is 17.3 Å². The van der Waals surface area contributed by atoms with Crippen LogP contribution in [0.15, 0.2) is 102 Å². The van der Waals surface area contributed by atoms with E-state index in [4.69, 9.17) is 11.6 Å². The largest absolute Gasteiger partial charge is 0.368 e. The van der Waals surface area contributed by atoms with Crippen molar-refractivity contribution < 1.29 is 9.72 Å². The molecule has 9 nitrogen and oxygen atoms in total. The fraction of sp³-hybridized carbons (Fsp3) is 0.129. The number of carbonyl (C=O) groups is 1. The predicted octanol–water partition coefficient (Wildman–Crippen LogP) is 5.58. The van der Waals surface area contributed by atoms with Gasteiger partial charge in [-0.15, -0.1) is 0 Å². The molecule has 1 aromatic heterocycles. The highest BCUT2D eigenvalue weighted by Crippen LogP contribution is 2.31. The van der Waals surface area contributed by atoms with Crippen LogP contribution in [0.2, 0.25) is 5.02 Å². The molecule has 0 saturated carbocycles. The van der Waals surface area contributed by atoms with Crippen molar-refractivity contribution in [1.29, 1.82) is 0 Å². The Morgan fingerprint density at radius 1 is 0.829 bits per heavy atom. The molecule has 0 unspecified atom stereocenters. The van der Waals surface area contributed by atoms with Crippen LogP contribution >= 0.6 is 11.6 Å². The number of nitrogens with zero attached hydrogens (tertiary/aromatic N) is 5. The summed E-state index contributed by atoms with van der Waals surface area (Å²) in [6.45, 7) is 1.95. The van der Waals surface area contributed by atoms with Gasteiger partial charge in [-0.2, -0.15) is 9.78 Å². The van der Waals surface area contributed by atoms with Gasteiger partial charge in [-0.3, -0.25) is 19.7 Å². The van der Waals surface area contributed by atoms with E-state index in [0.29, 0.717) is 58.9 Å². The molecule has 1 aliphatic rings. The highest BCUT2D eigenvalue weighted by molar-refractivity contribution is 6.31. The highest BCUT2D eigenvalue weighted by atomic mass is 35.5. The first-order valence-electron chi connectivity index (χ1n) is 13.1. The van der Waals surface area contributed by atoms with Crippen molar-refractivity contribution in [1.82, 2.24) is 14.7 Å². The average molecular weight is 566 g/mol. The summed E-state index contributed by atoms with van der Waals surface area (Å²) in [7, 11) is 0. The summed E-state index contributed by atoms with van der Waals surface area (Å²) in [5, 5.41) is 18.3. The number of amides is 1. The van der Waals surface area contributed by atoms with Gasteiger partial charge in [0.15, 0.2) is 0 Å². The van der Waals surface area contributed by atoms with Crippen molar-refractivity contribution >= 4 is 39.7 Å². The van der Waals surface area contributed by atoms with E-state index in [1.165, 1.54) is 6.07 Å². The zero-order valence-electron chi connectivity index (χ0n) is 21.8. The van der Waals surface area contributed by atoms with Crippen LogP contribution in [0.1, 0.15) is 10.4 Å². The Hall–Kier alpha value is -5.02. The fourth-order valence-electron chi connectivity index (χ4n) is 5.17. The Morgan fingerprint density at radius 2 is 1.54 bits per heavy atom. The number of anilines is 1. The van der Waals surface area contributed by atoms with Gasteiger partial charge >= 0.3 is 0 Å². The Kier molecular flexibility index (Phi) is 6.94. The normalized spacial score (nSPS) is 13.4. The van der Waals surface area contributed by atoms with Gasteiger partial charge in [-0.25, -0.2) is 0 Å². The lowest BCUT2D eigenvalue weighted by molar-refractivity contribution is -0.384. The molecule has 0 aliphatic carbocycles. The van der Waals surface area contributed by atoms with E-state index in [0.717, 1.165) is 10.2 Å². The third-order valence-electron chi connectivity index (χ3n) is 7.24. The molecule has 0 radical (unpaired) electrons. The van der Waals surface area contributed by atoms with Crippen LogP contribution in [0.3, 0.4) is 0 Å². The second kappa shape index (κ2) is 10.9. The van der Waals surface area contributed by atoms with Gasteiger partial charge in [-0.1, -0.05) is 66.2 Å². The first-order chi connectivity index (χ1) is 19.9. The van der Waals surface area contributed by atoms with Gasteiger partial charge in [0.25, 0.3) is 17.2 Å². The Bertz CT molecular complexity index is 1850. The zero-order chi connectivity index (χ0) is 28.5. The third-order valence-corrected chi connectivity index (χ3v) is 7.47. The average Bonchev–Trinajstić information content (AvgIpc) is 3.01. The first kappa shape index (κ1) is 26.2. The number of rotatable bonds is 5. The summed E-state index contributed by atoms with van der Waals surface area (Å²) in [6.07, 6.45) is 0. The van der Waals surface area contributed by atoms with Crippen LogP contribution in [0.25, 0.3) is 27.7 Å². The maximum absolute atomic E-state index is 13.7. The van der Waals surface area contributed by atoms with E-state index in [1.54, 1.807) is 53.4 Å². The molecule has 5 aromatic rings. The molecule has 0 atom stereocenters. The minimum Gasteiger partial charge on any atom is -0.368 e. The van der Waals surface area contributed by atoms with Crippen molar-refractivity contribution in [2.45, 2.75) is 0 Å². The number of hydrogen-bond donors (Lipinski definition) is 0. The van der Waals surface area contributed by atoms with Crippen molar-refractivity contribution in [3.8, 4) is 16.9 Å². The minimum absolute atomic E-state index is 0.0814. The molecule has 1 saturated heterocycles. The van der Waals surface area contributed by atoms with Gasteiger partial charge in [0.2, 0.25) is 0 Å². The van der Waals surface area contributed by atoms with E-state index in [1.807, 2.05) is 47.4 Å². The van der Waals surface area contributed by atoms with E-state index in [2.05, 4.69) is 5.10 Å². The number of halogens is 1. The fourth-order valence-corrected chi connectivity index (χ4v) is 5.36. The molecule has 0 bridgehead atoms. The summed E-state index contributed by atoms with van der Waals surface area (Å²) in [5.41, 5.74) is 1.97. The predicted molar refractivity (Wildman–Crippen MR) is 159 cm³/mol. The van der Waals surface area contributed by atoms with Gasteiger partial charge in [-0.05, 0) is 36.4 Å². The SMILES string of the molecule is O=C(c1cccc(Cl)c1)N1CCN(c2ccc([N+](=O)[O-])c(-n3nc(-c4ccccc4)c4ccccc4c3=O)c2)CC1. The number of aromatic nitrogens is 2. The zero-order valence-corrected chi connectivity index (χ0v) is 22.6. The first-order valence-corrected chi connectivity index (χ1v) is 13.4. The Labute approximate surface area is 240 Å². The van der Waals surface area contributed by atoms with Gasteiger partial charge < -0.3 is 9.80 Å². The number of hydrogen-bond acceptors (Lipinski definition) is 6. The molecule has 4 aromatic carbocycles. The molecule has 10 heteroatoms. The lowest BCUT2D eigenvalue weighted by atomic mass is 10.1. The molecule has 204 valence electrons. The molecule has 1 amide bonds. The Balaban J connectivity index is 1.38. The number of piperazine rings is 1. The molecule has 2 heterocycles. The van der Waals surface area contributed by atoms with Crippen molar-refractivity contribution in [3.05, 3.63) is 128 Å². The molecule has 1 aliphatic heterocycles. The monoisotopic (exact) mass is 565 g/mol. The van der Waals surface area contributed by atoms with Gasteiger partial charge in [0.05, 0.1) is 16.0 Å². The molecule has 0 spiro atoms. The standard InChI is InChI=1S/C31H24ClN5O4/c32-23-10-6-9-22(19-23)30(38)35-17-15-34(16-18-35)24-13-14-27(37(40)41)28(20-24)36-31(39)26-12-5-4-11-25(26)29(33-36)21-7-2-1-3-8-21/h1-14,19-20H,15-18H2. The smallest absolute Gasteiger partial charge is 0.295 e. The van der Waals surface area contributed by atoms with E-state index >= 15 is 0 Å². The second-order valence-electron chi connectivity index (χ2n) is 9.70. The highest BCUT2D eigenvalue weighted by Gasteiger charge is 2.26. The quantitative estimate of drug-likeness (QED) is 0.204. The summed E-state index contributed by atoms with van der Waals surface area (Å²) >= 11 is 6.06. The summed E-state index contributed by atoms with van der Waals surface area (Å²) in [6, 6.07) is 28.1. The number of nitro benzene ring substituents is 1. The third kappa shape index (κ3) is 5.03. The van der Waals surface area contributed by atoms with Crippen molar-refractivity contribution in [2.75, 3.05) is 31.1 Å². The van der Waals surface area contributed by atoms with E-state index in [9.17, 15) is 19.7 Å². The molecular weight excluding hydrogens is 542 g/mol. The maximum atomic E-state index is 13.7. The van der Waals surface area contributed by atoms with Crippen LogP contribution in [-0.4, -0.2) is 51.7 Å².